The van der Waals surface area contributed by atoms with Gasteiger partial charge in [0, 0.05) is 0 Å². The van der Waals surface area contributed by atoms with Crippen molar-refractivity contribution in [1.29, 1.82) is 0 Å². The second kappa shape index (κ2) is 5.11. The minimum atomic E-state index is -1.04. The van der Waals surface area contributed by atoms with Crippen molar-refractivity contribution in [3.8, 4) is 0 Å². The van der Waals surface area contributed by atoms with Crippen LogP contribution in [0.25, 0.3) is 0 Å². The molecule has 0 aromatic carbocycles. The summed E-state index contributed by atoms with van der Waals surface area (Å²) in [6.45, 7) is 6.83. The van der Waals surface area contributed by atoms with Crippen molar-refractivity contribution in [2.75, 3.05) is 7.11 Å². The average Bonchev–Trinajstić information content (AvgIpc) is 2.14. The summed E-state index contributed by atoms with van der Waals surface area (Å²) in [5.74, 6) is -0.814. The number of rotatable bonds is 4. The molecule has 3 N–H and O–H groups in total. The monoisotopic (exact) mass is 216 g/mol. The number of hydrogen-bond donors (Lipinski definition) is 2. The lowest BCUT2D eigenvalue weighted by Gasteiger charge is -2.26. The molecule has 0 aliphatic rings. The fourth-order valence-electron chi connectivity index (χ4n) is 1.00. The van der Waals surface area contributed by atoms with E-state index in [0.29, 0.717) is 0 Å². The molecule has 0 saturated heterocycles. The van der Waals surface area contributed by atoms with Crippen molar-refractivity contribution >= 4 is 11.9 Å². The van der Waals surface area contributed by atoms with Gasteiger partial charge in [0.1, 0.15) is 5.54 Å². The van der Waals surface area contributed by atoms with E-state index in [1.54, 1.807) is 13.8 Å². The number of carbonyl (C=O) groups is 2. The lowest BCUT2D eigenvalue weighted by molar-refractivity contribution is -0.149. The molecule has 15 heavy (non-hydrogen) atoms. The van der Waals surface area contributed by atoms with Crippen LogP contribution >= 0.6 is 0 Å². The molecule has 0 aromatic rings. The largest absolute Gasteiger partial charge is 0.467 e. The zero-order valence-electron chi connectivity index (χ0n) is 9.96. The SMILES string of the molecule is COC(=O)C(C)(C)NC(=O)C(N)C(C)C. The van der Waals surface area contributed by atoms with E-state index in [1.165, 1.54) is 7.11 Å². The molecule has 0 aromatic heterocycles. The highest BCUT2D eigenvalue weighted by molar-refractivity contribution is 5.89. The molecule has 0 bridgehead atoms. The van der Waals surface area contributed by atoms with E-state index in [4.69, 9.17) is 5.73 Å². The Morgan fingerprint density at radius 2 is 1.80 bits per heavy atom. The minimum Gasteiger partial charge on any atom is -0.467 e. The summed E-state index contributed by atoms with van der Waals surface area (Å²) in [7, 11) is 1.28. The van der Waals surface area contributed by atoms with Crippen LogP contribution in [-0.4, -0.2) is 30.6 Å². The van der Waals surface area contributed by atoms with Crippen LogP contribution in [0.2, 0.25) is 0 Å². The maximum Gasteiger partial charge on any atom is 0.330 e. The van der Waals surface area contributed by atoms with Crippen molar-refractivity contribution in [2.45, 2.75) is 39.3 Å². The molecule has 0 spiro atoms. The summed E-state index contributed by atoms with van der Waals surface area (Å²) in [6.07, 6.45) is 0. The number of amides is 1. The first kappa shape index (κ1) is 13.9. The fraction of sp³-hybridized carbons (Fsp3) is 0.800. The molecule has 1 unspecified atom stereocenters. The first-order chi connectivity index (χ1) is 6.72. The molecule has 0 aliphatic heterocycles. The summed E-state index contributed by atoms with van der Waals surface area (Å²) in [5.41, 5.74) is 4.60. The standard InChI is InChI=1S/C10H20N2O3/c1-6(2)7(11)8(13)12-10(3,4)9(14)15-5/h6-7H,11H2,1-5H3,(H,12,13). The summed E-state index contributed by atoms with van der Waals surface area (Å²) < 4.78 is 4.56. The van der Waals surface area contributed by atoms with E-state index in [-0.39, 0.29) is 11.8 Å². The van der Waals surface area contributed by atoms with Gasteiger partial charge in [-0.05, 0) is 19.8 Å². The molecule has 0 rings (SSSR count). The Balaban J connectivity index is 4.47. The normalized spacial score (nSPS) is 13.5. The predicted octanol–water partition coefficient (Wildman–Crippen LogP) is 0.0375. The van der Waals surface area contributed by atoms with Crippen molar-refractivity contribution in [3.63, 3.8) is 0 Å². The first-order valence-corrected chi connectivity index (χ1v) is 4.88. The number of methoxy groups -OCH3 is 1. The predicted molar refractivity (Wildman–Crippen MR) is 57.1 cm³/mol. The molecule has 0 aliphatic carbocycles. The third kappa shape index (κ3) is 3.87. The minimum absolute atomic E-state index is 0.0263. The van der Waals surface area contributed by atoms with Gasteiger partial charge in [-0.3, -0.25) is 4.79 Å². The fourth-order valence-corrected chi connectivity index (χ4v) is 1.00. The summed E-state index contributed by atoms with van der Waals surface area (Å²) in [5, 5.41) is 2.55. The number of esters is 1. The maximum atomic E-state index is 11.6. The molecule has 5 heteroatoms. The Morgan fingerprint density at radius 1 is 1.33 bits per heavy atom. The molecule has 5 nitrogen and oxygen atoms in total. The van der Waals surface area contributed by atoms with Crippen LogP contribution in [0.1, 0.15) is 27.7 Å². The molecule has 0 saturated carbocycles. The smallest absolute Gasteiger partial charge is 0.330 e. The van der Waals surface area contributed by atoms with Gasteiger partial charge in [-0.25, -0.2) is 4.79 Å². The van der Waals surface area contributed by atoms with Crippen LogP contribution in [0.15, 0.2) is 0 Å². The Labute approximate surface area is 90.4 Å². The van der Waals surface area contributed by atoms with Gasteiger partial charge >= 0.3 is 5.97 Å². The number of nitrogens with two attached hydrogens (primary N) is 1. The van der Waals surface area contributed by atoms with E-state index < -0.39 is 17.6 Å². The maximum absolute atomic E-state index is 11.6. The second-order valence-electron chi connectivity index (χ2n) is 4.38. The van der Waals surface area contributed by atoms with E-state index in [1.807, 2.05) is 13.8 Å². The molecular formula is C10H20N2O3. The highest BCUT2D eigenvalue weighted by atomic mass is 16.5. The molecule has 88 valence electrons. The quantitative estimate of drug-likeness (QED) is 0.650. The van der Waals surface area contributed by atoms with Crippen molar-refractivity contribution < 1.29 is 14.3 Å². The van der Waals surface area contributed by atoms with Crippen LogP contribution in [0, 0.1) is 5.92 Å². The van der Waals surface area contributed by atoms with Crippen LogP contribution in [-0.2, 0) is 14.3 Å². The van der Waals surface area contributed by atoms with E-state index in [9.17, 15) is 9.59 Å². The Hall–Kier alpha value is -1.10. The molecule has 0 radical (unpaired) electrons. The molecule has 0 heterocycles. The second-order valence-corrected chi connectivity index (χ2v) is 4.38. The summed E-state index contributed by atoms with van der Waals surface area (Å²) in [6, 6.07) is -0.617. The average molecular weight is 216 g/mol. The van der Waals surface area contributed by atoms with Crippen molar-refractivity contribution in [2.24, 2.45) is 11.7 Å². The summed E-state index contributed by atoms with van der Waals surface area (Å²) in [4.78, 5) is 22.9. The Morgan fingerprint density at radius 3 is 2.13 bits per heavy atom. The molecule has 1 amide bonds. The van der Waals surface area contributed by atoms with E-state index in [2.05, 4.69) is 10.1 Å². The lowest BCUT2D eigenvalue weighted by atomic mass is 10.0. The third-order valence-electron chi connectivity index (χ3n) is 2.15. The zero-order chi connectivity index (χ0) is 12.2. The van der Waals surface area contributed by atoms with Crippen LogP contribution in [0.4, 0.5) is 0 Å². The number of carbonyl (C=O) groups excluding carboxylic acids is 2. The van der Waals surface area contributed by atoms with E-state index in [0.717, 1.165) is 0 Å². The lowest BCUT2D eigenvalue weighted by Crippen LogP contribution is -2.56. The number of hydrogen-bond acceptors (Lipinski definition) is 4. The van der Waals surface area contributed by atoms with Gasteiger partial charge in [0.2, 0.25) is 5.91 Å². The highest BCUT2D eigenvalue weighted by Gasteiger charge is 2.32. The summed E-state index contributed by atoms with van der Waals surface area (Å²) >= 11 is 0. The van der Waals surface area contributed by atoms with Gasteiger partial charge in [-0.15, -0.1) is 0 Å². The van der Waals surface area contributed by atoms with Crippen molar-refractivity contribution in [3.05, 3.63) is 0 Å². The zero-order valence-corrected chi connectivity index (χ0v) is 9.96. The van der Waals surface area contributed by atoms with Crippen molar-refractivity contribution in [1.82, 2.24) is 5.32 Å². The number of ether oxygens (including phenoxy) is 1. The van der Waals surface area contributed by atoms with Gasteiger partial charge in [-0.2, -0.15) is 0 Å². The van der Waals surface area contributed by atoms with Gasteiger partial charge in [-0.1, -0.05) is 13.8 Å². The van der Waals surface area contributed by atoms with Gasteiger partial charge < -0.3 is 15.8 Å². The highest BCUT2D eigenvalue weighted by Crippen LogP contribution is 2.06. The van der Waals surface area contributed by atoms with Gasteiger partial charge in [0.25, 0.3) is 0 Å². The first-order valence-electron chi connectivity index (χ1n) is 4.88. The number of nitrogens with one attached hydrogen (secondary N) is 1. The Bertz CT molecular complexity index is 249. The molecular weight excluding hydrogens is 196 g/mol. The Kier molecular flexibility index (Phi) is 4.74. The van der Waals surface area contributed by atoms with Crippen LogP contribution in [0.5, 0.6) is 0 Å². The molecule has 1 atom stereocenters. The topological polar surface area (TPSA) is 81.4 Å². The van der Waals surface area contributed by atoms with E-state index >= 15 is 0 Å². The van der Waals surface area contributed by atoms with Crippen LogP contribution < -0.4 is 11.1 Å². The molecule has 0 fully saturated rings. The van der Waals surface area contributed by atoms with Gasteiger partial charge in [0.15, 0.2) is 0 Å². The third-order valence-corrected chi connectivity index (χ3v) is 2.15. The van der Waals surface area contributed by atoms with Gasteiger partial charge in [0.05, 0.1) is 13.2 Å². The van der Waals surface area contributed by atoms with Crippen LogP contribution in [0.3, 0.4) is 0 Å².